The van der Waals surface area contributed by atoms with Gasteiger partial charge in [0.1, 0.15) is 5.75 Å². The Morgan fingerprint density at radius 2 is 2.11 bits per heavy atom. The van der Waals surface area contributed by atoms with Crippen LogP contribution in [0.5, 0.6) is 5.75 Å². The second-order valence-corrected chi connectivity index (χ2v) is 5.23. The average Bonchev–Trinajstić information content (AvgIpc) is 2.58. The van der Waals surface area contributed by atoms with Gasteiger partial charge in [0.15, 0.2) is 0 Å². The van der Waals surface area contributed by atoms with Crippen molar-refractivity contribution in [2.24, 2.45) is 5.92 Å². The van der Waals surface area contributed by atoms with Gasteiger partial charge in [0.2, 0.25) is 0 Å². The smallest absolute Gasteiger partial charge is 0.142 e. The molecule has 1 heterocycles. The van der Waals surface area contributed by atoms with Gasteiger partial charge in [0, 0.05) is 19.1 Å². The fourth-order valence-electron chi connectivity index (χ4n) is 2.61. The van der Waals surface area contributed by atoms with E-state index in [-0.39, 0.29) is 0 Å². The van der Waals surface area contributed by atoms with Crippen LogP contribution in [0.3, 0.4) is 0 Å². The second kappa shape index (κ2) is 6.10. The number of rotatable bonds is 4. The molecule has 100 valence electrons. The van der Waals surface area contributed by atoms with Gasteiger partial charge < -0.3 is 15.0 Å². The molecule has 3 nitrogen and oxygen atoms in total. The molecule has 1 unspecified atom stereocenters. The largest absolute Gasteiger partial charge is 0.491 e. The molecular weight excluding hydrogens is 224 g/mol. The maximum absolute atomic E-state index is 5.82. The standard InChI is InChI=1S/C15H24N2O/c1-12(2)14(11-16-3)17-9-6-10-18-15-8-5-4-7-13(15)17/h4-5,7-8,12,14,16H,6,9-11H2,1-3H3. The van der Waals surface area contributed by atoms with Crippen molar-refractivity contribution in [1.29, 1.82) is 0 Å². The van der Waals surface area contributed by atoms with E-state index in [9.17, 15) is 0 Å². The Hall–Kier alpha value is -1.22. The van der Waals surface area contributed by atoms with Gasteiger partial charge in [0.25, 0.3) is 0 Å². The first kappa shape index (κ1) is 13.2. The highest BCUT2D eigenvalue weighted by atomic mass is 16.5. The normalized spacial score (nSPS) is 17.0. The van der Waals surface area contributed by atoms with Crippen molar-refractivity contribution in [3.8, 4) is 5.75 Å². The SMILES string of the molecule is CNCC(C(C)C)N1CCCOc2ccccc21. The minimum atomic E-state index is 0.512. The van der Waals surface area contributed by atoms with Crippen LogP contribution in [0.25, 0.3) is 0 Å². The molecule has 1 atom stereocenters. The van der Waals surface area contributed by atoms with Crippen LogP contribution in [0.1, 0.15) is 20.3 Å². The molecule has 0 spiro atoms. The van der Waals surface area contributed by atoms with E-state index < -0.39 is 0 Å². The lowest BCUT2D eigenvalue weighted by molar-refractivity contribution is 0.321. The Bertz CT molecular complexity index is 379. The highest BCUT2D eigenvalue weighted by molar-refractivity contribution is 5.59. The molecule has 1 aromatic carbocycles. The number of benzene rings is 1. The number of anilines is 1. The number of fused-ring (bicyclic) bond motifs is 1. The zero-order valence-electron chi connectivity index (χ0n) is 11.6. The molecular formula is C15H24N2O. The molecule has 0 saturated heterocycles. The summed E-state index contributed by atoms with van der Waals surface area (Å²) >= 11 is 0. The maximum atomic E-state index is 5.82. The Kier molecular flexibility index (Phi) is 4.48. The minimum Gasteiger partial charge on any atom is -0.491 e. The molecule has 0 fully saturated rings. The first-order chi connectivity index (χ1) is 8.74. The van der Waals surface area contributed by atoms with E-state index in [1.165, 1.54) is 5.69 Å². The molecule has 0 aliphatic carbocycles. The lowest BCUT2D eigenvalue weighted by Crippen LogP contribution is -2.45. The van der Waals surface area contributed by atoms with Gasteiger partial charge in [-0.15, -0.1) is 0 Å². The van der Waals surface area contributed by atoms with Crippen LogP contribution in [0.2, 0.25) is 0 Å². The fraction of sp³-hybridized carbons (Fsp3) is 0.600. The third kappa shape index (κ3) is 2.78. The predicted octanol–water partition coefficient (Wildman–Crippen LogP) is 2.52. The van der Waals surface area contributed by atoms with Gasteiger partial charge in [-0.25, -0.2) is 0 Å². The second-order valence-electron chi connectivity index (χ2n) is 5.23. The summed E-state index contributed by atoms with van der Waals surface area (Å²) in [7, 11) is 2.02. The quantitative estimate of drug-likeness (QED) is 0.886. The van der Waals surface area contributed by atoms with E-state index in [2.05, 4.69) is 42.3 Å². The molecule has 0 saturated carbocycles. The summed E-state index contributed by atoms with van der Waals surface area (Å²) in [6, 6.07) is 8.90. The number of likely N-dealkylation sites (N-methyl/N-ethyl adjacent to an activating group) is 1. The minimum absolute atomic E-state index is 0.512. The van der Waals surface area contributed by atoms with Crippen molar-refractivity contribution in [2.75, 3.05) is 31.6 Å². The number of para-hydroxylation sites is 2. The summed E-state index contributed by atoms with van der Waals surface area (Å²) in [5, 5.41) is 3.32. The van der Waals surface area contributed by atoms with E-state index in [1.54, 1.807) is 0 Å². The van der Waals surface area contributed by atoms with Gasteiger partial charge in [-0.3, -0.25) is 0 Å². The first-order valence-corrected chi connectivity index (χ1v) is 6.87. The monoisotopic (exact) mass is 248 g/mol. The van der Waals surface area contributed by atoms with Gasteiger partial charge in [-0.05, 0) is 31.5 Å². The molecule has 1 N–H and O–H groups in total. The van der Waals surface area contributed by atoms with Crippen molar-refractivity contribution in [2.45, 2.75) is 26.3 Å². The van der Waals surface area contributed by atoms with E-state index in [0.29, 0.717) is 12.0 Å². The van der Waals surface area contributed by atoms with E-state index in [4.69, 9.17) is 4.74 Å². The van der Waals surface area contributed by atoms with Crippen LogP contribution < -0.4 is 15.0 Å². The van der Waals surface area contributed by atoms with Gasteiger partial charge in [-0.1, -0.05) is 26.0 Å². The van der Waals surface area contributed by atoms with Gasteiger partial charge in [0.05, 0.1) is 12.3 Å². The Labute approximate surface area is 110 Å². The summed E-state index contributed by atoms with van der Waals surface area (Å²) < 4.78 is 5.82. The van der Waals surface area contributed by atoms with Crippen LogP contribution in [-0.4, -0.2) is 32.8 Å². The summed E-state index contributed by atoms with van der Waals surface area (Å²) in [5.74, 6) is 1.64. The zero-order valence-corrected chi connectivity index (χ0v) is 11.6. The zero-order chi connectivity index (χ0) is 13.0. The highest BCUT2D eigenvalue weighted by Crippen LogP contribution is 2.33. The van der Waals surface area contributed by atoms with Crippen molar-refractivity contribution in [3.63, 3.8) is 0 Å². The predicted molar refractivity (Wildman–Crippen MR) is 76.5 cm³/mol. The third-order valence-electron chi connectivity index (χ3n) is 3.56. The fourth-order valence-corrected chi connectivity index (χ4v) is 2.61. The summed E-state index contributed by atoms with van der Waals surface area (Å²) in [6.07, 6.45) is 1.08. The van der Waals surface area contributed by atoms with Gasteiger partial charge >= 0.3 is 0 Å². The molecule has 3 heteroatoms. The number of hydrogen-bond donors (Lipinski definition) is 1. The lowest BCUT2D eigenvalue weighted by atomic mass is 10.0. The van der Waals surface area contributed by atoms with Gasteiger partial charge in [-0.2, -0.15) is 0 Å². The molecule has 0 amide bonds. The molecule has 0 aromatic heterocycles. The topological polar surface area (TPSA) is 24.5 Å². The molecule has 0 bridgehead atoms. The Morgan fingerprint density at radius 1 is 1.33 bits per heavy atom. The third-order valence-corrected chi connectivity index (χ3v) is 3.56. The Morgan fingerprint density at radius 3 is 2.83 bits per heavy atom. The summed E-state index contributed by atoms with van der Waals surface area (Å²) in [6.45, 7) is 7.47. The van der Waals surface area contributed by atoms with Crippen molar-refractivity contribution in [3.05, 3.63) is 24.3 Å². The maximum Gasteiger partial charge on any atom is 0.142 e. The number of hydrogen-bond acceptors (Lipinski definition) is 3. The van der Waals surface area contributed by atoms with E-state index in [1.807, 2.05) is 13.1 Å². The molecule has 0 radical (unpaired) electrons. The number of nitrogens with one attached hydrogen (secondary N) is 1. The van der Waals surface area contributed by atoms with Crippen LogP contribution in [0.4, 0.5) is 5.69 Å². The molecule has 2 rings (SSSR count). The molecule has 1 aliphatic rings. The molecule has 1 aliphatic heterocycles. The van der Waals surface area contributed by atoms with E-state index in [0.717, 1.165) is 31.9 Å². The number of ether oxygens (including phenoxy) is 1. The van der Waals surface area contributed by atoms with Crippen LogP contribution in [0.15, 0.2) is 24.3 Å². The number of nitrogens with zero attached hydrogens (tertiary/aromatic N) is 1. The molecule has 18 heavy (non-hydrogen) atoms. The Balaban J connectivity index is 2.30. The van der Waals surface area contributed by atoms with Crippen molar-refractivity contribution >= 4 is 5.69 Å². The van der Waals surface area contributed by atoms with Crippen LogP contribution >= 0.6 is 0 Å². The summed E-state index contributed by atoms with van der Waals surface area (Å²) in [4.78, 5) is 2.50. The van der Waals surface area contributed by atoms with Crippen molar-refractivity contribution < 1.29 is 4.74 Å². The van der Waals surface area contributed by atoms with Crippen molar-refractivity contribution in [1.82, 2.24) is 5.32 Å². The van der Waals surface area contributed by atoms with Crippen LogP contribution in [-0.2, 0) is 0 Å². The average molecular weight is 248 g/mol. The lowest BCUT2D eigenvalue weighted by Gasteiger charge is -2.35. The first-order valence-electron chi connectivity index (χ1n) is 6.87. The van der Waals surface area contributed by atoms with E-state index >= 15 is 0 Å². The molecule has 1 aromatic rings. The summed E-state index contributed by atoms with van der Waals surface area (Å²) in [5.41, 5.74) is 1.24. The van der Waals surface area contributed by atoms with Crippen LogP contribution in [0, 0.1) is 5.92 Å². The highest BCUT2D eigenvalue weighted by Gasteiger charge is 2.25.